The Morgan fingerprint density at radius 2 is 1.80 bits per heavy atom. The Balaban J connectivity index is 1.57. The lowest BCUT2D eigenvalue weighted by Crippen LogP contribution is -2.55. The molecule has 1 nitrogen and oxygen atoms in total. The van der Waals surface area contributed by atoms with Gasteiger partial charge in [-0.2, -0.15) is 0 Å². The van der Waals surface area contributed by atoms with Gasteiger partial charge in [0.15, 0.2) is 0 Å². The molecule has 4 saturated carbocycles. The highest BCUT2D eigenvalue weighted by atomic mass is 79.9. The highest BCUT2D eigenvalue weighted by Gasteiger charge is 2.53. The lowest BCUT2D eigenvalue weighted by molar-refractivity contribution is -0.0723. The fourth-order valence-electron chi connectivity index (χ4n) is 5.89. The van der Waals surface area contributed by atoms with Crippen LogP contribution in [0, 0.1) is 23.2 Å². The summed E-state index contributed by atoms with van der Waals surface area (Å²) in [5, 5.41) is 3.71. The second-order valence-electron chi connectivity index (χ2n) is 7.53. The topological polar surface area (TPSA) is 12.0 Å². The zero-order valence-corrected chi connectivity index (χ0v) is 14.6. The lowest BCUT2D eigenvalue weighted by atomic mass is 9.47. The largest absolute Gasteiger partial charge is 0.316 e. The molecule has 0 aromatic carbocycles. The van der Waals surface area contributed by atoms with Crippen LogP contribution in [0.15, 0.2) is 15.9 Å². The molecule has 1 N–H and O–H groups in total. The van der Waals surface area contributed by atoms with E-state index in [9.17, 15) is 0 Å². The van der Waals surface area contributed by atoms with Crippen molar-refractivity contribution in [1.82, 2.24) is 5.32 Å². The smallest absolute Gasteiger partial charge is 0.0701 e. The molecule has 4 aliphatic rings. The van der Waals surface area contributed by atoms with Crippen LogP contribution in [-0.2, 0) is 6.42 Å². The Bertz CT molecular complexity index is 460. The molecule has 4 fully saturated rings. The Labute approximate surface area is 134 Å². The molecule has 1 aromatic heterocycles. The van der Waals surface area contributed by atoms with Crippen molar-refractivity contribution in [3.05, 3.63) is 20.8 Å². The van der Waals surface area contributed by atoms with Gasteiger partial charge < -0.3 is 5.32 Å². The van der Waals surface area contributed by atoms with E-state index in [0.717, 1.165) is 17.8 Å². The molecule has 4 bridgehead atoms. The molecular weight excluding hydrogens is 330 g/mol. The Hall–Kier alpha value is 0.140. The first-order valence-corrected chi connectivity index (χ1v) is 9.69. The van der Waals surface area contributed by atoms with Crippen LogP contribution in [0.3, 0.4) is 0 Å². The molecule has 0 amide bonds. The predicted octanol–water partition coefficient (Wildman–Crippen LogP) is 4.86. The summed E-state index contributed by atoms with van der Waals surface area (Å²) < 4.78 is 1.27. The lowest BCUT2D eigenvalue weighted by Gasteiger charge is -2.59. The third-order valence-corrected chi connectivity index (χ3v) is 7.85. The molecule has 5 rings (SSSR count). The number of thiophene rings is 1. The molecule has 0 saturated heterocycles. The summed E-state index contributed by atoms with van der Waals surface area (Å²) in [5.74, 6) is 3.14. The van der Waals surface area contributed by atoms with Crippen LogP contribution in [0.5, 0.6) is 0 Å². The number of halogens is 1. The molecule has 3 heteroatoms. The van der Waals surface area contributed by atoms with Gasteiger partial charge in [0.1, 0.15) is 0 Å². The molecule has 0 aliphatic heterocycles. The van der Waals surface area contributed by atoms with Crippen LogP contribution >= 0.6 is 27.3 Å². The van der Waals surface area contributed by atoms with E-state index in [1.165, 1.54) is 34.3 Å². The summed E-state index contributed by atoms with van der Waals surface area (Å²) in [7, 11) is 2.19. The molecule has 0 spiro atoms. The molecule has 0 radical (unpaired) electrons. The Kier molecular flexibility index (Phi) is 3.51. The SMILES string of the molecule is CNC(Cc1ccc(Br)s1)C12CC3CC(CC(C3)C1)C2. The van der Waals surface area contributed by atoms with Crippen molar-refractivity contribution >= 4 is 27.3 Å². The van der Waals surface area contributed by atoms with Crippen molar-refractivity contribution in [1.29, 1.82) is 0 Å². The van der Waals surface area contributed by atoms with E-state index < -0.39 is 0 Å². The van der Waals surface area contributed by atoms with Crippen LogP contribution in [0.1, 0.15) is 43.4 Å². The van der Waals surface area contributed by atoms with Gasteiger partial charge in [0.25, 0.3) is 0 Å². The first-order chi connectivity index (χ1) is 9.67. The third-order valence-electron chi connectivity index (χ3n) is 6.21. The fraction of sp³-hybridized carbons (Fsp3) is 0.765. The zero-order chi connectivity index (χ0) is 13.7. The second-order valence-corrected chi connectivity index (χ2v) is 10.1. The highest BCUT2D eigenvalue weighted by Crippen LogP contribution is 2.61. The number of nitrogens with one attached hydrogen (secondary N) is 1. The van der Waals surface area contributed by atoms with E-state index in [4.69, 9.17) is 0 Å². The predicted molar refractivity (Wildman–Crippen MR) is 89.2 cm³/mol. The van der Waals surface area contributed by atoms with Gasteiger partial charge in [0, 0.05) is 10.9 Å². The van der Waals surface area contributed by atoms with Crippen LogP contribution in [-0.4, -0.2) is 13.1 Å². The van der Waals surface area contributed by atoms with Gasteiger partial charge in [-0.1, -0.05) is 0 Å². The normalized spacial score (nSPS) is 40.2. The minimum absolute atomic E-state index is 0.611. The average Bonchev–Trinajstić information content (AvgIpc) is 2.80. The fourth-order valence-corrected chi connectivity index (χ4v) is 7.42. The minimum atomic E-state index is 0.611. The van der Waals surface area contributed by atoms with Gasteiger partial charge in [-0.15, -0.1) is 11.3 Å². The summed E-state index contributed by atoms with van der Waals surface area (Å²) in [6.45, 7) is 0. The summed E-state index contributed by atoms with van der Waals surface area (Å²) in [5.41, 5.74) is 0.611. The highest BCUT2D eigenvalue weighted by molar-refractivity contribution is 9.11. The van der Waals surface area contributed by atoms with Crippen molar-refractivity contribution in [2.45, 2.75) is 51.0 Å². The zero-order valence-electron chi connectivity index (χ0n) is 12.2. The van der Waals surface area contributed by atoms with Gasteiger partial charge in [-0.25, -0.2) is 0 Å². The quantitative estimate of drug-likeness (QED) is 0.814. The van der Waals surface area contributed by atoms with Crippen LogP contribution in [0.25, 0.3) is 0 Å². The van der Waals surface area contributed by atoms with Gasteiger partial charge in [0.05, 0.1) is 3.79 Å². The standard InChI is InChI=1S/C17H24BrNS/c1-19-15(7-14-2-3-16(18)20-14)17-8-11-4-12(9-17)6-13(5-11)10-17/h2-3,11-13,15,19H,4-10H2,1H3. The number of rotatable bonds is 4. The molecular formula is C17H24BrNS. The average molecular weight is 354 g/mol. The van der Waals surface area contributed by atoms with Crippen LogP contribution in [0.2, 0.25) is 0 Å². The number of likely N-dealkylation sites (N-methyl/N-ethyl adjacent to an activating group) is 1. The van der Waals surface area contributed by atoms with E-state index in [0.29, 0.717) is 11.5 Å². The molecule has 1 atom stereocenters. The maximum Gasteiger partial charge on any atom is 0.0701 e. The van der Waals surface area contributed by atoms with Crippen molar-refractivity contribution in [3.63, 3.8) is 0 Å². The van der Waals surface area contributed by atoms with Crippen LogP contribution < -0.4 is 5.32 Å². The Morgan fingerprint density at radius 3 is 2.25 bits per heavy atom. The third kappa shape index (κ3) is 2.30. The maximum atomic E-state index is 3.71. The van der Waals surface area contributed by atoms with Crippen molar-refractivity contribution < 1.29 is 0 Å². The van der Waals surface area contributed by atoms with Crippen molar-refractivity contribution in [3.8, 4) is 0 Å². The van der Waals surface area contributed by atoms with Crippen molar-refractivity contribution in [2.75, 3.05) is 7.05 Å². The van der Waals surface area contributed by atoms with Gasteiger partial charge >= 0.3 is 0 Å². The Morgan fingerprint density at radius 1 is 1.20 bits per heavy atom. The van der Waals surface area contributed by atoms with E-state index >= 15 is 0 Å². The molecule has 20 heavy (non-hydrogen) atoms. The van der Waals surface area contributed by atoms with Gasteiger partial charge in [-0.3, -0.25) is 0 Å². The monoisotopic (exact) mass is 353 g/mol. The summed E-state index contributed by atoms with van der Waals surface area (Å²) in [6.07, 6.45) is 10.3. The van der Waals surface area contributed by atoms with Gasteiger partial charge in [-0.05, 0) is 103 Å². The molecule has 110 valence electrons. The number of hydrogen-bond donors (Lipinski definition) is 1. The molecule has 4 aliphatic carbocycles. The van der Waals surface area contributed by atoms with E-state index in [1.807, 2.05) is 11.3 Å². The van der Waals surface area contributed by atoms with Gasteiger partial charge in [0.2, 0.25) is 0 Å². The first kappa shape index (κ1) is 13.8. The molecule has 1 heterocycles. The number of hydrogen-bond acceptors (Lipinski definition) is 2. The molecule has 1 unspecified atom stereocenters. The van der Waals surface area contributed by atoms with Crippen molar-refractivity contribution in [2.24, 2.45) is 23.2 Å². The minimum Gasteiger partial charge on any atom is -0.316 e. The van der Waals surface area contributed by atoms with E-state index in [1.54, 1.807) is 19.3 Å². The summed E-state index contributed by atoms with van der Waals surface area (Å²) in [4.78, 5) is 1.53. The maximum absolute atomic E-state index is 3.71. The summed E-state index contributed by atoms with van der Waals surface area (Å²) in [6, 6.07) is 5.19. The van der Waals surface area contributed by atoms with E-state index in [2.05, 4.69) is 40.4 Å². The van der Waals surface area contributed by atoms with E-state index in [-0.39, 0.29) is 0 Å². The van der Waals surface area contributed by atoms with Crippen LogP contribution in [0.4, 0.5) is 0 Å². The molecule has 1 aromatic rings. The second kappa shape index (κ2) is 5.10. The summed E-state index contributed by atoms with van der Waals surface area (Å²) >= 11 is 5.52. The first-order valence-electron chi connectivity index (χ1n) is 8.08.